The molecule has 1 aliphatic rings. The molecule has 1 saturated heterocycles. The Kier molecular flexibility index (Phi) is 5.99. The standard InChI is InChI=1S/C21H28N4O/c1-4-20-22-13-18(14-23-20)21(26)25-12-6-5-7-19(25)17-10-8-16(9-11-17)15-24(2)3/h8-11,13-14,19H,4-7,12,15H2,1-3H3. The molecule has 1 atom stereocenters. The summed E-state index contributed by atoms with van der Waals surface area (Å²) in [4.78, 5) is 25.8. The number of aromatic nitrogens is 2. The van der Waals surface area contributed by atoms with Gasteiger partial charge in [-0.15, -0.1) is 0 Å². The van der Waals surface area contributed by atoms with Crippen LogP contribution in [0.15, 0.2) is 36.7 Å². The van der Waals surface area contributed by atoms with E-state index in [0.717, 1.165) is 44.6 Å². The predicted molar refractivity (Wildman–Crippen MR) is 103 cm³/mol. The average molecular weight is 352 g/mol. The van der Waals surface area contributed by atoms with Crippen molar-refractivity contribution in [3.05, 3.63) is 59.2 Å². The van der Waals surface area contributed by atoms with Crippen molar-refractivity contribution >= 4 is 5.91 Å². The van der Waals surface area contributed by atoms with E-state index in [1.54, 1.807) is 12.4 Å². The number of nitrogens with zero attached hydrogens (tertiary/aromatic N) is 4. The molecule has 1 aliphatic heterocycles. The van der Waals surface area contributed by atoms with Crippen LogP contribution in [0, 0.1) is 0 Å². The van der Waals surface area contributed by atoms with Gasteiger partial charge in [-0.2, -0.15) is 0 Å². The third-order valence-electron chi connectivity index (χ3n) is 4.90. The molecule has 138 valence electrons. The van der Waals surface area contributed by atoms with Crippen LogP contribution in [0.1, 0.15) is 59.5 Å². The molecule has 1 amide bonds. The number of hydrogen-bond acceptors (Lipinski definition) is 4. The van der Waals surface area contributed by atoms with Gasteiger partial charge in [0.2, 0.25) is 0 Å². The van der Waals surface area contributed by atoms with E-state index in [2.05, 4.69) is 53.2 Å². The van der Waals surface area contributed by atoms with Gasteiger partial charge in [0.15, 0.2) is 0 Å². The van der Waals surface area contributed by atoms with Crippen molar-refractivity contribution in [2.75, 3.05) is 20.6 Å². The van der Waals surface area contributed by atoms with Crippen LogP contribution < -0.4 is 0 Å². The summed E-state index contributed by atoms with van der Waals surface area (Å²) in [6, 6.07) is 8.82. The predicted octanol–water partition coefficient (Wildman–Crippen LogP) is 3.47. The van der Waals surface area contributed by atoms with Crippen molar-refractivity contribution in [1.82, 2.24) is 19.8 Å². The van der Waals surface area contributed by atoms with E-state index in [4.69, 9.17) is 0 Å². The van der Waals surface area contributed by atoms with Crippen LogP contribution in [-0.2, 0) is 13.0 Å². The van der Waals surface area contributed by atoms with Gasteiger partial charge in [0.05, 0.1) is 11.6 Å². The van der Waals surface area contributed by atoms with E-state index in [1.807, 2.05) is 11.8 Å². The number of aryl methyl sites for hydroxylation is 1. The number of piperidine rings is 1. The zero-order chi connectivity index (χ0) is 18.5. The lowest BCUT2D eigenvalue weighted by Gasteiger charge is -2.36. The molecule has 0 bridgehead atoms. The molecule has 1 unspecified atom stereocenters. The fourth-order valence-electron chi connectivity index (χ4n) is 3.55. The summed E-state index contributed by atoms with van der Waals surface area (Å²) in [5.74, 6) is 0.808. The summed E-state index contributed by atoms with van der Waals surface area (Å²) in [7, 11) is 4.14. The average Bonchev–Trinajstić information content (AvgIpc) is 2.68. The summed E-state index contributed by atoms with van der Waals surface area (Å²) in [5.41, 5.74) is 3.08. The highest BCUT2D eigenvalue weighted by Gasteiger charge is 2.29. The fraction of sp³-hybridized carbons (Fsp3) is 0.476. The van der Waals surface area contributed by atoms with E-state index in [1.165, 1.54) is 11.1 Å². The maximum atomic E-state index is 13.0. The monoisotopic (exact) mass is 352 g/mol. The molecule has 1 aromatic heterocycles. The number of likely N-dealkylation sites (tertiary alicyclic amines) is 1. The zero-order valence-corrected chi connectivity index (χ0v) is 16.0. The van der Waals surface area contributed by atoms with Gasteiger partial charge in [-0.25, -0.2) is 9.97 Å². The summed E-state index contributed by atoms with van der Waals surface area (Å²) in [6.07, 6.45) is 7.32. The molecular formula is C21H28N4O. The topological polar surface area (TPSA) is 49.3 Å². The third kappa shape index (κ3) is 4.28. The number of amides is 1. The molecule has 5 nitrogen and oxygen atoms in total. The van der Waals surface area contributed by atoms with Crippen molar-refractivity contribution in [2.45, 2.75) is 45.2 Å². The minimum Gasteiger partial charge on any atom is -0.332 e. The van der Waals surface area contributed by atoms with Gasteiger partial charge in [-0.1, -0.05) is 31.2 Å². The number of benzene rings is 1. The van der Waals surface area contributed by atoms with Crippen LogP contribution in [0.5, 0.6) is 0 Å². The van der Waals surface area contributed by atoms with Gasteiger partial charge in [0.1, 0.15) is 5.82 Å². The first kappa shape index (κ1) is 18.5. The highest BCUT2D eigenvalue weighted by atomic mass is 16.2. The van der Waals surface area contributed by atoms with E-state index >= 15 is 0 Å². The molecule has 0 radical (unpaired) electrons. The van der Waals surface area contributed by atoms with Crippen molar-refractivity contribution in [1.29, 1.82) is 0 Å². The molecule has 3 rings (SSSR count). The molecule has 0 N–H and O–H groups in total. The summed E-state index contributed by atoms with van der Waals surface area (Å²) >= 11 is 0. The van der Waals surface area contributed by atoms with E-state index < -0.39 is 0 Å². The van der Waals surface area contributed by atoms with Gasteiger partial charge < -0.3 is 9.80 Å². The summed E-state index contributed by atoms with van der Waals surface area (Å²) < 4.78 is 0. The molecule has 0 spiro atoms. The second-order valence-electron chi connectivity index (χ2n) is 7.23. The van der Waals surface area contributed by atoms with Crippen molar-refractivity contribution in [3.63, 3.8) is 0 Å². The summed E-state index contributed by atoms with van der Waals surface area (Å²) in [5, 5.41) is 0. The molecule has 2 heterocycles. The number of carbonyl (C=O) groups is 1. The second kappa shape index (κ2) is 8.41. The molecule has 0 saturated carbocycles. The van der Waals surface area contributed by atoms with E-state index in [9.17, 15) is 4.79 Å². The highest BCUT2D eigenvalue weighted by molar-refractivity contribution is 5.94. The van der Waals surface area contributed by atoms with Crippen LogP contribution in [0.2, 0.25) is 0 Å². The highest BCUT2D eigenvalue weighted by Crippen LogP contribution is 2.32. The Balaban J connectivity index is 1.79. The first-order chi connectivity index (χ1) is 12.6. The van der Waals surface area contributed by atoms with Gasteiger partial charge >= 0.3 is 0 Å². The maximum Gasteiger partial charge on any atom is 0.257 e. The van der Waals surface area contributed by atoms with Crippen LogP contribution in [-0.4, -0.2) is 46.3 Å². The van der Waals surface area contributed by atoms with Gasteiger partial charge in [0, 0.05) is 31.9 Å². The van der Waals surface area contributed by atoms with Crippen LogP contribution >= 0.6 is 0 Å². The Morgan fingerprint density at radius 3 is 2.46 bits per heavy atom. The SMILES string of the molecule is CCc1ncc(C(=O)N2CCCCC2c2ccc(CN(C)C)cc2)cn1. The van der Waals surface area contributed by atoms with Gasteiger partial charge in [-0.3, -0.25) is 4.79 Å². The summed E-state index contributed by atoms with van der Waals surface area (Å²) in [6.45, 7) is 3.73. The third-order valence-corrected chi connectivity index (χ3v) is 4.90. The normalized spacial score (nSPS) is 17.5. The molecule has 26 heavy (non-hydrogen) atoms. The Morgan fingerprint density at radius 1 is 1.15 bits per heavy atom. The van der Waals surface area contributed by atoms with E-state index in [-0.39, 0.29) is 11.9 Å². The minimum absolute atomic E-state index is 0.0368. The Hall–Kier alpha value is -2.27. The molecule has 5 heteroatoms. The van der Waals surface area contributed by atoms with Crippen LogP contribution in [0.4, 0.5) is 0 Å². The first-order valence-corrected chi connectivity index (χ1v) is 9.44. The lowest BCUT2D eigenvalue weighted by Crippen LogP contribution is -2.38. The maximum absolute atomic E-state index is 13.0. The Morgan fingerprint density at radius 2 is 1.85 bits per heavy atom. The van der Waals surface area contributed by atoms with Crippen molar-refractivity contribution in [3.8, 4) is 0 Å². The molecule has 1 aromatic carbocycles. The number of rotatable bonds is 5. The molecule has 0 aliphatic carbocycles. The van der Waals surface area contributed by atoms with Crippen LogP contribution in [0.25, 0.3) is 0 Å². The zero-order valence-electron chi connectivity index (χ0n) is 16.0. The largest absolute Gasteiger partial charge is 0.332 e. The molecular weight excluding hydrogens is 324 g/mol. The molecule has 1 fully saturated rings. The minimum atomic E-state index is 0.0368. The quantitative estimate of drug-likeness (QED) is 0.827. The number of carbonyl (C=O) groups excluding carboxylic acids is 1. The van der Waals surface area contributed by atoms with E-state index in [0.29, 0.717) is 5.56 Å². The Labute approximate surface area is 156 Å². The van der Waals surface area contributed by atoms with Crippen molar-refractivity contribution < 1.29 is 4.79 Å². The lowest BCUT2D eigenvalue weighted by molar-refractivity contribution is 0.0610. The first-order valence-electron chi connectivity index (χ1n) is 9.44. The second-order valence-corrected chi connectivity index (χ2v) is 7.23. The molecule has 2 aromatic rings. The van der Waals surface area contributed by atoms with Gasteiger partial charge in [-0.05, 0) is 44.5 Å². The Bertz CT molecular complexity index is 725. The van der Waals surface area contributed by atoms with Gasteiger partial charge in [0.25, 0.3) is 5.91 Å². The lowest BCUT2D eigenvalue weighted by atomic mass is 9.94. The fourth-order valence-corrected chi connectivity index (χ4v) is 3.55. The smallest absolute Gasteiger partial charge is 0.257 e. The number of hydrogen-bond donors (Lipinski definition) is 0. The van der Waals surface area contributed by atoms with Crippen molar-refractivity contribution in [2.24, 2.45) is 0 Å². The van der Waals surface area contributed by atoms with Crippen LogP contribution in [0.3, 0.4) is 0 Å².